The Morgan fingerprint density at radius 1 is 1.38 bits per heavy atom. The van der Waals surface area contributed by atoms with Crippen LogP contribution in [0.4, 0.5) is 0 Å². The maximum absolute atomic E-state index is 11.8. The van der Waals surface area contributed by atoms with E-state index in [-0.39, 0.29) is 5.56 Å². The summed E-state index contributed by atoms with van der Waals surface area (Å²) in [7, 11) is 1.81. The van der Waals surface area contributed by atoms with Crippen LogP contribution in [0.3, 0.4) is 0 Å². The van der Waals surface area contributed by atoms with Crippen molar-refractivity contribution >= 4 is 17.7 Å². The molecule has 1 aliphatic heterocycles. The molecular formula is C18H30N4OS. The van der Waals surface area contributed by atoms with Crippen molar-refractivity contribution in [1.82, 2.24) is 15.2 Å². The minimum atomic E-state index is 0.0859. The molecule has 2 N–H and O–H groups in total. The van der Waals surface area contributed by atoms with Gasteiger partial charge in [0.2, 0.25) is 0 Å². The molecule has 1 aromatic rings. The van der Waals surface area contributed by atoms with Crippen LogP contribution in [0.2, 0.25) is 0 Å². The van der Waals surface area contributed by atoms with Crippen molar-refractivity contribution in [3.8, 4) is 0 Å². The molecule has 0 aromatic carbocycles. The van der Waals surface area contributed by atoms with Gasteiger partial charge in [0.1, 0.15) is 0 Å². The van der Waals surface area contributed by atoms with Crippen molar-refractivity contribution < 1.29 is 0 Å². The Morgan fingerprint density at radius 2 is 2.21 bits per heavy atom. The van der Waals surface area contributed by atoms with E-state index in [1.165, 1.54) is 18.6 Å². The first-order valence-corrected chi connectivity index (χ1v) is 9.78. The summed E-state index contributed by atoms with van der Waals surface area (Å²) in [5, 5.41) is 6.81. The van der Waals surface area contributed by atoms with Crippen LogP contribution >= 0.6 is 11.8 Å². The standard InChI is InChI=1S/C18H30N4OS/c1-15-8-6-9-16(23)22(15)12-5-4-11-20-17(19-3)21-14-18(2)10-7-13-24-18/h6,8-9H,4-5,7,10-14H2,1-3H3,(H2,19,20,21). The van der Waals surface area contributed by atoms with E-state index in [0.717, 1.165) is 44.1 Å². The van der Waals surface area contributed by atoms with E-state index < -0.39 is 0 Å². The highest BCUT2D eigenvalue weighted by Crippen LogP contribution is 2.36. The van der Waals surface area contributed by atoms with Crippen LogP contribution in [0.25, 0.3) is 0 Å². The molecule has 1 unspecified atom stereocenters. The first kappa shape index (κ1) is 18.9. The second-order valence-corrected chi connectivity index (χ2v) is 8.30. The smallest absolute Gasteiger partial charge is 0.250 e. The van der Waals surface area contributed by atoms with E-state index in [2.05, 4.69) is 34.3 Å². The highest BCUT2D eigenvalue weighted by molar-refractivity contribution is 8.00. The summed E-state index contributed by atoms with van der Waals surface area (Å²) < 4.78 is 2.18. The molecule has 2 rings (SSSR count). The van der Waals surface area contributed by atoms with Gasteiger partial charge in [-0.15, -0.1) is 0 Å². The van der Waals surface area contributed by atoms with E-state index in [4.69, 9.17) is 0 Å². The van der Waals surface area contributed by atoms with Crippen LogP contribution in [-0.4, -0.2) is 41.2 Å². The Kier molecular flexibility index (Phi) is 7.21. The summed E-state index contributed by atoms with van der Waals surface area (Å²) in [6.45, 7) is 6.89. The van der Waals surface area contributed by atoms with Gasteiger partial charge in [-0.25, -0.2) is 0 Å². The second-order valence-electron chi connectivity index (χ2n) is 6.62. The van der Waals surface area contributed by atoms with Crippen molar-refractivity contribution in [3.63, 3.8) is 0 Å². The lowest BCUT2D eigenvalue weighted by molar-refractivity contribution is 0.566. The van der Waals surface area contributed by atoms with Gasteiger partial charge in [-0.2, -0.15) is 11.8 Å². The van der Waals surface area contributed by atoms with Crippen LogP contribution in [0, 0.1) is 6.92 Å². The third kappa shape index (κ3) is 5.58. The number of rotatable bonds is 7. The average Bonchev–Trinajstić information content (AvgIpc) is 2.99. The molecule has 1 aliphatic rings. The summed E-state index contributed by atoms with van der Waals surface area (Å²) in [6, 6.07) is 5.42. The molecule has 5 nitrogen and oxygen atoms in total. The van der Waals surface area contributed by atoms with Crippen LogP contribution in [0.15, 0.2) is 28.0 Å². The van der Waals surface area contributed by atoms with Gasteiger partial charge in [0.15, 0.2) is 5.96 Å². The molecule has 0 saturated carbocycles. The molecule has 1 atom stereocenters. The average molecular weight is 351 g/mol. The molecular weight excluding hydrogens is 320 g/mol. The Morgan fingerprint density at radius 3 is 2.88 bits per heavy atom. The molecule has 134 valence electrons. The van der Waals surface area contributed by atoms with Crippen LogP contribution in [-0.2, 0) is 6.54 Å². The number of hydrogen-bond donors (Lipinski definition) is 2. The Balaban J connectivity index is 1.66. The molecule has 1 fully saturated rings. The zero-order valence-corrected chi connectivity index (χ0v) is 15.9. The van der Waals surface area contributed by atoms with Gasteiger partial charge in [0.25, 0.3) is 5.56 Å². The molecule has 0 aliphatic carbocycles. The number of aromatic nitrogens is 1. The minimum Gasteiger partial charge on any atom is -0.356 e. The normalized spacial score (nSPS) is 21.0. The van der Waals surface area contributed by atoms with Gasteiger partial charge in [-0.3, -0.25) is 9.79 Å². The molecule has 0 spiro atoms. The van der Waals surface area contributed by atoms with Gasteiger partial charge in [-0.1, -0.05) is 6.07 Å². The fourth-order valence-electron chi connectivity index (χ4n) is 2.98. The number of guanidine groups is 1. The Bertz CT molecular complexity index is 605. The van der Waals surface area contributed by atoms with Crippen molar-refractivity contribution in [2.24, 2.45) is 4.99 Å². The number of aryl methyl sites for hydroxylation is 1. The first-order chi connectivity index (χ1) is 11.5. The lowest BCUT2D eigenvalue weighted by atomic mass is 10.1. The minimum absolute atomic E-state index is 0.0859. The molecule has 0 amide bonds. The van der Waals surface area contributed by atoms with Crippen LogP contribution < -0.4 is 16.2 Å². The molecule has 0 bridgehead atoms. The molecule has 6 heteroatoms. The van der Waals surface area contributed by atoms with Crippen molar-refractivity contribution in [2.45, 2.75) is 50.8 Å². The fraction of sp³-hybridized carbons (Fsp3) is 0.667. The molecule has 1 aromatic heterocycles. The fourth-order valence-corrected chi connectivity index (χ4v) is 4.22. The zero-order chi connectivity index (χ0) is 17.4. The van der Waals surface area contributed by atoms with E-state index >= 15 is 0 Å². The van der Waals surface area contributed by atoms with Crippen LogP contribution in [0.1, 0.15) is 38.3 Å². The van der Waals surface area contributed by atoms with E-state index in [1.807, 2.05) is 30.7 Å². The number of thioether (sulfide) groups is 1. The Hall–Kier alpha value is -1.43. The largest absolute Gasteiger partial charge is 0.356 e. The van der Waals surface area contributed by atoms with Crippen LogP contribution in [0.5, 0.6) is 0 Å². The van der Waals surface area contributed by atoms with Gasteiger partial charge in [0.05, 0.1) is 0 Å². The summed E-state index contributed by atoms with van der Waals surface area (Å²) >= 11 is 2.05. The summed E-state index contributed by atoms with van der Waals surface area (Å²) in [5.74, 6) is 2.14. The van der Waals surface area contributed by atoms with Gasteiger partial charge < -0.3 is 15.2 Å². The van der Waals surface area contributed by atoms with Gasteiger partial charge in [-0.05, 0) is 51.3 Å². The second kappa shape index (κ2) is 9.16. The van der Waals surface area contributed by atoms with E-state index in [9.17, 15) is 4.79 Å². The number of pyridine rings is 1. The van der Waals surface area contributed by atoms with Crippen molar-refractivity contribution in [1.29, 1.82) is 0 Å². The summed E-state index contributed by atoms with van der Waals surface area (Å²) in [6.07, 6.45) is 4.57. The Labute approximate surface area is 149 Å². The maximum Gasteiger partial charge on any atom is 0.250 e. The third-order valence-electron chi connectivity index (χ3n) is 4.52. The highest BCUT2D eigenvalue weighted by atomic mass is 32.2. The van der Waals surface area contributed by atoms with Crippen molar-refractivity contribution in [3.05, 3.63) is 34.2 Å². The highest BCUT2D eigenvalue weighted by Gasteiger charge is 2.29. The molecule has 24 heavy (non-hydrogen) atoms. The van der Waals surface area contributed by atoms with Gasteiger partial charge in [0, 0.05) is 43.2 Å². The number of hydrogen-bond acceptors (Lipinski definition) is 3. The van der Waals surface area contributed by atoms with Gasteiger partial charge >= 0.3 is 0 Å². The third-order valence-corrected chi connectivity index (χ3v) is 6.06. The molecule has 2 heterocycles. The quantitative estimate of drug-likeness (QED) is 0.450. The lowest BCUT2D eigenvalue weighted by Gasteiger charge is -2.24. The van der Waals surface area contributed by atoms with E-state index in [0.29, 0.717) is 4.75 Å². The topological polar surface area (TPSA) is 58.4 Å². The number of aliphatic imine (C=N–C) groups is 1. The summed E-state index contributed by atoms with van der Waals surface area (Å²) in [4.78, 5) is 16.1. The zero-order valence-electron chi connectivity index (χ0n) is 15.1. The summed E-state index contributed by atoms with van der Waals surface area (Å²) in [5.41, 5.74) is 1.11. The number of nitrogens with one attached hydrogen (secondary N) is 2. The predicted molar refractivity (Wildman–Crippen MR) is 104 cm³/mol. The van der Waals surface area contributed by atoms with E-state index in [1.54, 1.807) is 6.07 Å². The number of nitrogens with zero attached hydrogens (tertiary/aromatic N) is 2. The van der Waals surface area contributed by atoms with Crippen molar-refractivity contribution in [2.75, 3.05) is 25.9 Å². The number of unbranched alkanes of at least 4 members (excludes halogenated alkanes) is 1. The molecule has 1 saturated heterocycles. The predicted octanol–water partition coefficient (Wildman–Crippen LogP) is 2.39. The molecule has 0 radical (unpaired) electrons. The SMILES string of the molecule is CN=C(NCCCCn1c(C)cccc1=O)NCC1(C)CCCS1. The maximum atomic E-state index is 11.8. The lowest BCUT2D eigenvalue weighted by Crippen LogP contribution is -2.43. The monoisotopic (exact) mass is 350 g/mol. The first-order valence-electron chi connectivity index (χ1n) is 8.79.